The van der Waals surface area contributed by atoms with Crippen molar-refractivity contribution < 1.29 is 4.74 Å². The second-order valence-corrected chi connectivity index (χ2v) is 4.52. The fourth-order valence-electron chi connectivity index (χ4n) is 1.97. The Balaban J connectivity index is 1.99. The maximum atomic E-state index is 5.35. The van der Waals surface area contributed by atoms with E-state index in [1.807, 2.05) is 25.2 Å². The number of aromatic nitrogens is 2. The van der Waals surface area contributed by atoms with Crippen molar-refractivity contribution in [3.8, 4) is 5.75 Å². The molecule has 2 aromatic rings. The van der Waals surface area contributed by atoms with Crippen LogP contribution in [-0.4, -0.2) is 29.0 Å². The van der Waals surface area contributed by atoms with Crippen molar-refractivity contribution in [2.75, 3.05) is 19.6 Å². The quantitative estimate of drug-likeness (QED) is 0.612. The van der Waals surface area contributed by atoms with Crippen LogP contribution in [0, 0.1) is 0 Å². The maximum absolute atomic E-state index is 5.35. The van der Waals surface area contributed by atoms with E-state index < -0.39 is 0 Å². The summed E-state index contributed by atoms with van der Waals surface area (Å²) in [5.41, 5.74) is 4.49. The van der Waals surface area contributed by atoms with E-state index in [4.69, 9.17) is 10.6 Å². The standard InChI is InChI=1S/C14H19N5O/c1-19(9-11-5-3-4-6-13(11)20-2)10-12-7-17-14(18-15)8-16-12/h3-8H,9-10,15H2,1-2H3,(H,17,18). The highest BCUT2D eigenvalue weighted by atomic mass is 16.5. The molecule has 0 saturated heterocycles. The summed E-state index contributed by atoms with van der Waals surface area (Å²) in [6.07, 6.45) is 3.33. The summed E-state index contributed by atoms with van der Waals surface area (Å²) in [6, 6.07) is 7.99. The number of nitrogen functional groups attached to an aromatic ring is 1. The van der Waals surface area contributed by atoms with Crippen LogP contribution < -0.4 is 16.0 Å². The van der Waals surface area contributed by atoms with Gasteiger partial charge in [-0.2, -0.15) is 0 Å². The minimum absolute atomic E-state index is 0.557. The van der Waals surface area contributed by atoms with Gasteiger partial charge in [0.1, 0.15) is 5.75 Å². The Kier molecular flexibility index (Phi) is 4.86. The number of nitrogens with zero attached hydrogens (tertiary/aromatic N) is 3. The Hall–Kier alpha value is -2.18. The number of benzene rings is 1. The van der Waals surface area contributed by atoms with E-state index in [0.717, 1.165) is 23.6 Å². The monoisotopic (exact) mass is 273 g/mol. The number of methoxy groups -OCH3 is 1. The van der Waals surface area contributed by atoms with Crippen molar-refractivity contribution in [3.05, 3.63) is 47.9 Å². The lowest BCUT2D eigenvalue weighted by atomic mass is 10.2. The number of hydrazine groups is 1. The molecule has 2 rings (SSSR count). The van der Waals surface area contributed by atoms with Crippen molar-refractivity contribution in [2.24, 2.45) is 5.84 Å². The normalized spacial score (nSPS) is 10.6. The number of para-hydroxylation sites is 1. The summed E-state index contributed by atoms with van der Waals surface area (Å²) in [4.78, 5) is 10.6. The highest BCUT2D eigenvalue weighted by Crippen LogP contribution is 2.19. The minimum Gasteiger partial charge on any atom is -0.496 e. The van der Waals surface area contributed by atoms with Gasteiger partial charge in [-0.15, -0.1) is 0 Å². The Morgan fingerprint density at radius 2 is 2.00 bits per heavy atom. The molecule has 0 atom stereocenters. The summed E-state index contributed by atoms with van der Waals surface area (Å²) in [7, 11) is 3.71. The first-order valence-corrected chi connectivity index (χ1v) is 6.31. The molecule has 6 nitrogen and oxygen atoms in total. The van der Waals surface area contributed by atoms with Gasteiger partial charge < -0.3 is 10.2 Å². The molecule has 1 heterocycles. The van der Waals surface area contributed by atoms with Crippen molar-refractivity contribution in [1.29, 1.82) is 0 Å². The van der Waals surface area contributed by atoms with Crippen LogP contribution in [0.2, 0.25) is 0 Å². The van der Waals surface area contributed by atoms with Crippen LogP contribution in [0.3, 0.4) is 0 Å². The molecule has 0 amide bonds. The zero-order valence-electron chi connectivity index (χ0n) is 11.7. The van der Waals surface area contributed by atoms with Gasteiger partial charge in [-0.1, -0.05) is 18.2 Å². The number of hydrogen-bond donors (Lipinski definition) is 2. The number of hydrogen-bond acceptors (Lipinski definition) is 6. The molecule has 0 radical (unpaired) electrons. The predicted molar refractivity (Wildman–Crippen MR) is 78.0 cm³/mol. The van der Waals surface area contributed by atoms with Gasteiger partial charge >= 0.3 is 0 Å². The molecular formula is C14H19N5O. The molecule has 0 bridgehead atoms. The first-order chi connectivity index (χ1) is 9.72. The molecule has 106 valence electrons. The lowest BCUT2D eigenvalue weighted by Crippen LogP contribution is -2.19. The van der Waals surface area contributed by atoms with Crippen molar-refractivity contribution in [1.82, 2.24) is 14.9 Å². The van der Waals surface area contributed by atoms with Gasteiger partial charge in [-0.25, -0.2) is 10.8 Å². The van der Waals surface area contributed by atoms with E-state index >= 15 is 0 Å². The summed E-state index contributed by atoms with van der Waals surface area (Å²) < 4.78 is 5.35. The molecular weight excluding hydrogens is 254 g/mol. The molecule has 1 aromatic heterocycles. The van der Waals surface area contributed by atoms with Crippen LogP contribution in [0.5, 0.6) is 5.75 Å². The number of nitrogens with two attached hydrogens (primary N) is 1. The molecule has 20 heavy (non-hydrogen) atoms. The SMILES string of the molecule is COc1ccccc1CN(C)Cc1cnc(NN)cn1. The number of nitrogens with one attached hydrogen (secondary N) is 1. The topological polar surface area (TPSA) is 76.3 Å². The van der Waals surface area contributed by atoms with Gasteiger partial charge in [0, 0.05) is 18.7 Å². The predicted octanol–water partition coefficient (Wildman–Crippen LogP) is 1.40. The van der Waals surface area contributed by atoms with Crippen LogP contribution in [0.25, 0.3) is 0 Å². The summed E-state index contributed by atoms with van der Waals surface area (Å²) >= 11 is 0. The van der Waals surface area contributed by atoms with E-state index in [0.29, 0.717) is 12.4 Å². The maximum Gasteiger partial charge on any atom is 0.158 e. The molecule has 0 spiro atoms. The van der Waals surface area contributed by atoms with Crippen molar-refractivity contribution >= 4 is 5.82 Å². The van der Waals surface area contributed by atoms with Gasteiger partial charge in [0.25, 0.3) is 0 Å². The molecule has 0 unspecified atom stereocenters. The molecule has 1 aromatic carbocycles. The fraction of sp³-hybridized carbons (Fsp3) is 0.286. The third-order valence-corrected chi connectivity index (χ3v) is 2.92. The van der Waals surface area contributed by atoms with E-state index in [2.05, 4.69) is 26.4 Å². The average molecular weight is 273 g/mol. The molecule has 0 fully saturated rings. The van der Waals surface area contributed by atoms with Gasteiger partial charge in [0.2, 0.25) is 0 Å². The molecule has 0 aliphatic heterocycles. The van der Waals surface area contributed by atoms with E-state index in [9.17, 15) is 0 Å². The Labute approximate surface area is 118 Å². The zero-order chi connectivity index (χ0) is 14.4. The van der Waals surface area contributed by atoms with Gasteiger partial charge in [-0.3, -0.25) is 9.88 Å². The second-order valence-electron chi connectivity index (χ2n) is 4.52. The Bertz CT molecular complexity index is 544. The van der Waals surface area contributed by atoms with Gasteiger partial charge in [0.15, 0.2) is 5.82 Å². The summed E-state index contributed by atoms with van der Waals surface area (Å²) in [5, 5.41) is 0. The van der Waals surface area contributed by atoms with Crippen LogP contribution in [0.15, 0.2) is 36.7 Å². The highest BCUT2D eigenvalue weighted by Gasteiger charge is 2.07. The number of ether oxygens (including phenoxy) is 1. The van der Waals surface area contributed by atoms with Gasteiger partial charge in [-0.05, 0) is 13.1 Å². The minimum atomic E-state index is 0.557. The Morgan fingerprint density at radius 1 is 1.20 bits per heavy atom. The molecule has 0 saturated carbocycles. The lowest BCUT2D eigenvalue weighted by molar-refractivity contribution is 0.306. The highest BCUT2D eigenvalue weighted by molar-refractivity contribution is 5.33. The molecule has 0 aliphatic carbocycles. The number of anilines is 1. The van der Waals surface area contributed by atoms with Gasteiger partial charge in [0.05, 0.1) is 25.2 Å². The van der Waals surface area contributed by atoms with Crippen LogP contribution in [-0.2, 0) is 13.1 Å². The molecule has 6 heteroatoms. The largest absolute Gasteiger partial charge is 0.496 e. The first-order valence-electron chi connectivity index (χ1n) is 6.31. The third kappa shape index (κ3) is 3.66. The lowest BCUT2D eigenvalue weighted by Gasteiger charge is -2.17. The second kappa shape index (κ2) is 6.83. The summed E-state index contributed by atoms with van der Waals surface area (Å²) in [5.74, 6) is 6.71. The van der Waals surface area contributed by atoms with Crippen LogP contribution >= 0.6 is 0 Å². The Morgan fingerprint density at radius 3 is 2.65 bits per heavy atom. The van der Waals surface area contributed by atoms with Crippen LogP contribution in [0.1, 0.15) is 11.3 Å². The van der Waals surface area contributed by atoms with E-state index in [1.54, 1.807) is 19.5 Å². The van der Waals surface area contributed by atoms with Crippen molar-refractivity contribution in [3.63, 3.8) is 0 Å². The molecule has 3 N–H and O–H groups in total. The number of rotatable bonds is 6. The van der Waals surface area contributed by atoms with Crippen LogP contribution in [0.4, 0.5) is 5.82 Å². The smallest absolute Gasteiger partial charge is 0.158 e. The molecule has 0 aliphatic rings. The first kappa shape index (κ1) is 14.2. The van der Waals surface area contributed by atoms with E-state index in [-0.39, 0.29) is 0 Å². The fourth-order valence-corrected chi connectivity index (χ4v) is 1.97. The summed E-state index contributed by atoms with van der Waals surface area (Å²) in [6.45, 7) is 1.48. The average Bonchev–Trinajstić information content (AvgIpc) is 2.48. The van der Waals surface area contributed by atoms with E-state index in [1.165, 1.54) is 0 Å². The zero-order valence-corrected chi connectivity index (χ0v) is 11.7. The van der Waals surface area contributed by atoms with Crippen molar-refractivity contribution in [2.45, 2.75) is 13.1 Å². The third-order valence-electron chi connectivity index (χ3n) is 2.92.